The third-order valence-electron chi connectivity index (χ3n) is 1.63. The van der Waals surface area contributed by atoms with Gasteiger partial charge in [0.05, 0.1) is 5.52 Å². The smallest absolute Gasteiger partial charge is 0.290 e. The predicted octanol–water partition coefficient (Wildman–Crippen LogP) is 1.14. The summed E-state index contributed by atoms with van der Waals surface area (Å²) in [5.41, 5.74) is 0.600. The Hall–Kier alpha value is -1.71. The van der Waals surface area contributed by atoms with E-state index in [-0.39, 0.29) is 5.75 Å². The van der Waals surface area contributed by atoms with Crippen LogP contribution < -0.4 is 5.56 Å². The van der Waals surface area contributed by atoms with Crippen molar-refractivity contribution in [1.82, 2.24) is 4.98 Å². The van der Waals surface area contributed by atoms with Crippen molar-refractivity contribution in [3.8, 4) is 5.75 Å². The van der Waals surface area contributed by atoms with E-state index in [4.69, 9.17) is 9.52 Å². The molecular weight excluding hydrogens is 158 g/mol. The molecule has 0 saturated heterocycles. The first kappa shape index (κ1) is 6.97. The summed E-state index contributed by atoms with van der Waals surface area (Å²) in [5, 5.41) is 9.02. The van der Waals surface area contributed by atoms with E-state index in [0.29, 0.717) is 16.9 Å². The van der Waals surface area contributed by atoms with Crippen LogP contribution in [0.15, 0.2) is 21.3 Å². The Bertz CT molecular complexity index is 480. The minimum absolute atomic E-state index is 0.322. The molecule has 0 radical (unpaired) electrons. The SMILES string of the molecule is Cc1cc2[nH]c(=O)c(O)cc2o1. The van der Waals surface area contributed by atoms with E-state index >= 15 is 0 Å². The molecule has 0 fully saturated rings. The van der Waals surface area contributed by atoms with Crippen LogP contribution in [0.5, 0.6) is 5.75 Å². The van der Waals surface area contributed by atoms with Gasteiger partial charge >= 0.3 is 0 Å². The molecule has 4 heteroatoms. The van der Waals surface area contributed by atoms with Gasteiger partial charge in [-0.05, 0) is 6.92 Å². The lowest BCUT2D eigenvalue weighted by Crippen LogP contribution is -2.02. The largest absolute Gasteiger partial charge is 0.503 e. The number of rotatable bonds is 0. The number of H-pyrrole nitrogens is 1. The van der Waals surface area contributed by atoms with Crippen molar-refractivity contribution < 1.29 is 9.52 Å². The molecule has 12 heavy (non-hydrogen) atoms. The van der Waals surface area contributed by atoms with Gasteiger partial charge in [-0.3, -0.25) is 4.79 Å². The van der Waals surface area contributed by atoms with Gasteiger partial charge in [-0.1, -0.05) is 0 Å². The van der Waals surface area contributed by atoms with Crippen molar-refractivity contribution in [3.63, 3.8) is 0 Å². The van der Waals surface area contributed by atoms with E-state index in [9.17, 15) is 4.79 Å². The van der Waals surface area contributed by atoms with Gasteiger partial charge in [0.2, 0.25) is 0 Å². The number of aromatic amines is 1. The van der Waals surface area contributed by atoms with E-state index in [2.05, 4.69) is 4.98 Å². The molecule has 0 bridgehead atoms. The Balaban J connectivity index is 2.92. The molecular formula is C8H7NO3. The summed E-state index contributed by atoms with van der Waals surface area (Å²) in [5.74, 6) is 0.378. The van der Waals surface area contributed by atoms with Gasteiger partial charge in [-0.25, -0.2) is 0 Å². The molecule has 0 aromatic carbocycles. The molecule has 0 aliphatic heterocycles. The van der Waals surface area contributed by atoms with E-state index in [1.807, 2.05) is 0 Å². The third-order valence-corrected chi connectivity index (χ3v) is 1.63. The molecule has 0 spiro atoms. The monoisotopic (exact) mass is 165 g/mol. The maximum atomic E-state index is 10.9. The van der Waals surface area contributed by atoms with Crippen LogP contribution in [0.2, 0.25) is 0 Å². The highest BCUT2D eigenvalue weighted by Crippen LogP contribution is 2.17. The van der Waals surface area contributed by atoms with Crippen molar-refractivity contribution in [2.24, 2.45) is 0 Å². The van der Waals surface area contributed by atoms with Gasteiger partial charge in [0, 0.05) is 12.1 Å². The zero-order valence-electron chi connectivity index (χ0n) is 6.42. The summed E-state index contributed by atoms with van der Waals surface area (Å²) >= 11 is 0. The quantitative estimate of drug-likeness (QED) is 0.615. The molecule has 4 nitrogen and oxygen atoms in total. The molecule has 0 amide bonds. The van der Waals surface area contributed by atoms with Crippen LogP contribution in [0, 0.1) is 6.92 Å². The molecule has 0 saturated carbocycles. The minimum atomic E-state index is -0.497. The van der Waals surface area contributed by atoms with E-state index < -0.39 is 5.56 Å². The van der Waals surface area contributed by atoms with Gasteiger partial charge < -0.3 is 14.5 Å². The second kappa shape index (κ2) is 2.14. The highest BCUT2D eigenvalue weighted by Gasteiger charge is 2.04. The highest BCUT2D eigenvalue weighted by molar-refractivity contribution is 5.74. The van der Waals surface area contributed by atoms with Gasteiger partial charge in [-0.15, -0.1) is 0 Å². The lowest BCUT2D eigenvalue weighted by Gasteiger charge is -1.89. The normalized spacial score (nSPS) is 10.8. The van der Waals surface area contributed by atoms with E-state index in [0.717, 1.165) is 0 Å². The summed E-state index contributed by atoms with van der Waals surface area (Å²) in [4.78, 5) is 13.4. The van der Waals surface area contributed by atoms with Crippen molar-refractivity contribution in [1.29, 1.82) is 0 Å². The number of pyridine rings is 1. The summed E-state index contributed by atoms with van der Waals surface area (Å²) in [7, 11) is 0. The van der Waals surface area contributed by atoms with Crippen molar-refractivity contribution in [2.45, 2.75) is 6.92 Å². The Labute approximate surface area is 67.4 Å². The summed E-state index contributed by atoms with van der Waals surface area (Å²) in [6.07, 6.45) is 0. The maximum Gasteiger partial charge on any atom is 0.290 e. The van der Waals surface area contributed by atoms with Crippen LogP contribution in [0.3, 0.4) is 0 Å². The van der Waals surface area contributed by atoms with Crippen molar-refractivity contribution in [2.75, 3.05) is 0 Å². The molecule has 0 aliphatic carbocycles. The Morgan fingerprint density at radius 3 is 3.00 bits per heavy atom. The predicted molar refractivity (Wildman–Crippen MR) is 43.2 cm³/mol. The Morgan fingerprint density at radius 1 is 1.50 bits per heavy atom. The number of aryl methyl sites for hydroxylation is 1. The second-order valence-corrected chi connectivity index (χ2v) is 2.62. The summed E-state index contributed by atoms with van der Waals surface area (Å²) in [6, 6.07) is 3.01. The molecule has 2 aromatic rings. The molecule has 0 atom stereocenters. The summed E-state index contributed by atoms with van der Waals surface area (Å²) in [6.45, 7) is 1.77. The third kappa shape index (κ3) is 0.887. The fourth-order valence-corrected chi connectivity index (χ4v) is 1.11. The fraction of sp³-hybridized carbons (Fsp3) is 0.125. The standard InChI is InChI=1S/C8H7NO3/c1-4-2-5-7(12-4)3-6(10)8(11)9-5/h2-3,10H,1H3,(H,9,11). The fourth-order valence-electron chi connectivity index (χ4n) is 1.11. The van der Waals surface area contributed by atoms with E-state index in [1.165, 1.54) is 6.07 Å². The number of hydrogen-bond acceptors (Lipinski definition) is 3. The van der Waals surface area contributed by atoms with Crippen LogP contribution in [-0.4, -0.2) is 10.1 Å². The van der Waals surface area contributed by atoms with Crippen LogP contribution >= 0.6 is 0 Å². The number of hydrogen-bond donors (Lipinski definition) is 2. The zero-order chi connectivity index (χ0) is 8.72. The van der Waals surface area contributed by atoms with Gasteiger partial charge in [0.25, 0.3) is 5.56 Å². The molecule has 2 aromatic heterocycles. The topological polar surface area (TPSA) is 66.2 Å². The molecule has 2 heterocycles. The number of fused-ring (bicyclic) bond motifs is 1. The summed E-state index contributed by atoms with van der Waals surface area (Å²) < 4.78 is 5.17. The molecule has 0 unspecified atom stereocenters. The van der Waals surface area contributed by atoms with Gasteiger partial charge in [0.1, 0.15) is 5.76 Å². The molecule has 2 N–H and O–H groups in total. The number of nitrogens with one attached hydrogen (secondary N) is 1. The highest BCUT2D eigenvalue weighted by atomic mass is 16.3. The number of aromatic nitrogens is 1. The van der Waals surface area contributed by atoms with Crippen LogP contribution in [-0.2, 0) is 0 Å². The van der Waals surface area contributed by atoms with Gasteiger partial charge in [-0.2, -0.15) is 0 Å². The van der Waals surface area contributed by atoms with Crippen molar-refractivity contribution in [3.05, 3.63) is 28.2 Å². The van der Waals surface area contributed by atoms with E-state index in [1.54, 1.807) is 13.0 Å². The lowest BCUT2D eigenvalue weighted by atomic mass is 10.3. The molecule has 0 aliphatic rings. The minimum Gasteiger partial charge on any atom is -0.503 e. The zero-order valence-corrected chi connectivity index (χ0v) is 6.42. The van der Waals surface area contributed by atoms with Crippen LogP contribution in [0.25, 0.3) is 11.1 Å². The second-order valence-electron chi connectivity index (χ2n) is 2.62. The first-order chi connectivity index (χ1) is 5.66. The Morgan fingerprint density at radius 2 is 2.25 bits per heavy atom. The first-order valence-electron chi connectivity index (χ1n) is 3.49. The maximum absolute atomic E-state index is 10.9. The van der Waals surface area contributed by atoms with Gasteiger partial charge in [0.15, 0.2) is 11.3 Å². The molecule has 62 valence electrons. The molecule has 2 rings (SSSR count). The first-order valence-corrected chi connectivity index (χ1v) is 3.49. The Kier molecular flexibility index (Phi) is 1.24. The average molecular weight is 165 g/mol. The van der Waals surface area contributed by atoms with Crippen LogP contribution in [0.1, 0.15) is 5.76 Å². The van der Waals surface area contributed by atoms with Crippen LogP contribution in [0.4, 0.5) is 0 Å². The van der Waals surface area contributed by atoms with Crippen molar-refractivity contribution >= 4 is 11.1 Å². The number of aromatic hydroxyl groups is 1. The average Bonchev–Trinajstić information content (AvgIpc) is 2.30. The number of furan rings is 1. The lowest BCUT2D eigenvalue weighted by molar-refractivity contribution is 0.465.